The van der Waals surface area contributed by atoms with Crippen molar-refractivity contribution in [3.63, 3.8) is 0 Å². The molecule has 8 aromatic carbocycles. The first kappa shape index (κ1) is 85.3. The van der Waals surface area contributed by atoms with Gasteiger partial charge in [-0.3, -0.25) is 0 Å². The molecule has 0 radical (unpaired) electrons. The first-order chi connectivity index (χ1) is 45.4. The van der Waals surface area contributed by atoms with Crippen LogP contribution >= 0.6 is 0 Å². The Bertz CT molecular complexity index is 3270. The van der Waals surface area contributed by atoms with Crippen molar-refractivity contribution >= 4 is 23.9 Å². The first-order valence-corrected chi connectivity index (χ1v) is 32.8. The summed E-state index contributed by atoms with van der Waals surface area (Å²) in [7, 11) is 0. The summed E-state index contributed by atoms with van der Waals surface area (Å²) < 4.78 is 32.4. The van der Waals surface area contributed by atoms with Gasteiger partial charge in [-0.25, -0.2) is 19.2 Å². The van der Waals surface area contributed by atoms with Crippen LogP contribution in [-0.2, 0) is 54.7 Å². The third kappa shape index (κ3) is 33.2. The normalized spacial score (nSPS) is 9.09. The highest BCUT2D eigenvalue weighted by Gasteiger charge is 2.09. The van der Waals surface area contributed by atoms with Gasteiger partial charge in [-0.05, 0) is 122 Å². The molecule has 10 nitrogen and oxygen atoms in total. The zero-order chi connectivity index (χ0) is 70.4. The fraction of sp³-hybridized carbons (Fsp3) is 0.277. The molecule has 0 atom stereocenters. The van der Waals surface area contributed by atoms with E-state index in [1.807, 2.05) is 208 Å². The van der Waals surface area contributed by atoms with Crippen LogP contribution in [0.4, 0.5) is 0 Å². The average Bonchev–Trinajstić information content (AvgIpc) is 1.21. The number of benzene rings is 8. The summed E-state index contributed by atoms with van der Waals surface area (Å²) in [6, 6.07) is 63.5. The van der Waals surface area contributed by atoms with Gasteiger partial charge in [-0.1, -0.05) is 283 Å². The topological polar surface area (TPSA) is 124 Å². The molecule has 0 saturated heterocycles. The Morgan fingerprint density at radius 2 is 0.516 bits per heavy atom. The molecule has 0 aliphatic rings. The molecule has 10 heteroatoms. The van der Waals surface area contributed by atoms with Crippen molar-refractivity contribution in [2.24, 2.45) is 0 Å². The average molecular weight is 1260 g/mol. The van der Waals surface area contributed by atoms with Crippen LogP contribution in [0.25, 0.3) is 44.5 Å². The van der Waals surface area contributed by atoms with Crippen LogP contribution in [0.3, 0.4) is 0 Å². The molecule has 8 rings (SSSR count). The number of hydrogen-bond acceptors (Lipinski definition) is 10. The lowest BCUT2D eigenvalue weighted by Crippen LogP contribution is -2.07. The summed E-state index contributed by atoms with van der Waals surface area (Å²) in [5.74, 6) is 0.803. The van der Waals surface area contributed by atoms with Gasteiger partial charge in [0.1, 0.15) is 36.2 Å². The molecule has 0 unspecified atom stereocenters. The van der Waals surface area contributed by atoms with Gasteiger partial charge in [0, 0.05) is 36.6 Å². The highest BCUT2D eigenvalue weighted by Crippen LogP contribution is 2.29. The Hall–Kier alpha value is -9.80. The first-order valence-electron chi connectivity index (χ1n) is 32.8. The lowest BCUT2D eigenvalue weighted by atomic mass is 10.0. The van der Waals surface area contributed by atoms with E-state index < -0.39 is 23.9 Å². The van der Waals surface area contributed by atoms with Gasteiger partial charge in [-0.2, -0.15) is 0 Å². The summed E-state index contributed by atoms with van der Waals surface area (Å²) in [6.07, 6.45) is 4.80. The van der Waals surface area contributed by atoms with Crippen LogP contribution in [0.15, 0.2) is 244 Å². The van der Waals surface area contributed by atoms with Crippen LogP contribution in [0.5, 0.6) is 23.0 Å². The summed E-state index contributed by atoms with van der Waals surface area (Å²) in [4.78, 5) is 45.3. The maximum absolute atomic E-state index is 11.7. The molecule has 0 aromatic heterocycles. The van der Waals surface area contributed by atoms with Gasteiger partial charge >= 0.3 is 23.9 Å². The Kier molecular flexibility index (Phi) is 49.5. The van der Waals surface area contributed by atoms with Gasteiger partial charge in [0.25, 0.3) is 0 Å². The van der Waals surface area contributed by atoms with Gasteiger partial charge in [0.2, 0.25) is 0 Å². The number of carbonyl (C=O) groups is 4. The minimum atomic E-state index is -0.482. The summed E-state index contributed by atoms with van der Waals surface area (Å²) in [5, 5.41) is 0. The standard InChI is InChI=1S/C34H30O5.C33H28O5.8C2H6/c1-4-33(35)37-22-21-25-5-9-27(10-6-25)28-11-7-26(8-12-28)23-38-31-17-13-29(14-18-31)30-15-19-32(20-16-30)39-34(36)24(2)3;1-3-32(34)36-22-21-24-5-9-26(10-6-24)27-11-7-25(8-12-27)23-37-30-17-13-28(14-18-30)29-15-19-31(20-16-29)38-33(35)4-2;8*1-2/h4-20H,1-2,21-23H2,3H3;3-20H,1-2,21-23H2;8*1-2H3. The number of ether oxygens (including phenoxy) is 6. The Labute approximate surface area is 559 Å². The smallest absolute Gasteiger partial charge is 0.338 e. The monoisotopic (exact) mass is 1260 g/mol. The molecule has 0 amide bonds. The van der Waals surface area contributed by atoms with Crippen LogP contribution in [0.1, 0.15) is 140 Å². The molecule has 498 valence electrons. The molecule has 0 heterocycles. The quantitative estimate of drug-likeness (QED) is 0.0368. The molecule has 8 aromatic rings. The molecule has 0 N–H and O–H groups in total. The molecule has 0 bridgehead atoms. The van der Waals surface area contributed by atoms with Crippen molar-refractivity contribution in [2.75, 3.05) is 13.2 Å². The number of carbonyl (C=O) groups excluding carboxylic acids is 4. The molecule has 0 saturated carbocycles. The fourth-order valence-electron chi connectivity index (χ4n) is 7.57. The summed E-state index contributed by atoms with van der Waals surface area (Å²) in [6.45, 7) is 49.0. The van der Waals surface area contributed by atoms with Crippen molar-refractivity contribution in [3.8, 4) is 67.5 Å². The lowest BCUT2D eigenvalue weighted by Gasteiger charge is -2.10. The lowest BCUT2D eigenvalue weighted by molar-refractivity contribution is -0.138. The summed E-state index contributed by atoms with van der Waals surface area (Å²) in [5.41, 5.74) is 13.3. The maximum atomic E-state index is 11.7. The molecular weight excluding hydrogens is 1160 g/mol. The number of esters is 4. The largest absolute Gasteiger partial charge is 0.489 e. The van der Waals surface area contributed by atoms with Gasteiger partial charge in [0.05, 0.1) is 13.2 Å². The van der Waals surface area contributed by atoms with E-state index in [1.54, 1.807) is 31.2 Å². The van der Waals surface area contributed by atoms with Crippen LogP contribution < -0.4 is 18.9 Å². The SMILES string of the molecule is C=CC(=O)OCCc1ccc(-c2ccc(COc3ccc(-c4ccc(OC(=O)C(=C)C)cc4)cc3)cc2)cc1.C=CC(=O)OCCc1ccc(-c2ccc(COc3ccc(-c4ccc(OC(=O)C=C)cc4)cc3)cc2)cc1.CC.CC.CC.CC.CC.CC.CC.CC. The zero-order valence-corrected chi connectivity index (χ0v) is 58.9. The number of rotatable bonds is 22. The molecular formula is C83H106O10. The van der Waals surface area contributed by atoms with E-state index in [0.717, 1.165) is 84.3 Å². The zero-order valence-electron chi connectivity index (χ0n) is 58.9. The molecule has 93 heavy (non-hydrogen) atoms. The Morgan fingerprint density at radius 1 is 0.301 bits per heavy atom. The second-order valence-corrected chi connectivity index (χ2v) is 17.5. The van der Waals surface area contributed by atoms with Crippen molar-refractivity contribution in [1.29, 1.82) is 0 Å². The highest BCUT2D eigenvalue weighted by atomic mass is 16.5. The Morgan fingerprint density at radius 3 is 0.753 bits per heavy atom. The van der Waals surface area contributed by atoms with Gasteiger partial charge in [-0.15, -0.1) is 0 Å². The second kappa shape index (κ2) is 54.0. The molecule has 0 spiro atoms. The predicted octanol–water partition coefficient (Wildman–Crippen LogP) is 22.5. The fourth-order valence-corrected chi connectivity index (χ4v) is 7.57. The van der Waals surface area contributed by atoms with Crippen LogP contribution in [0, 0.1) is 0 Å². The third-order valence-corrected chi connectivity index (χ3v) is 11.9. The van der Waals surface area contributed by atoms with Crippen LogP contribution in [-0.4, -0.2) is 37.1 Å². The van der Waals surface area contributed by atoms with E-state index in [-0.39, 0.29) is 0 Å². The minimum absolute atomic E-state index is 0.337. The third-order valence-electron chi connectivity index (χ3n) is 11.9. The predicted molar refractivity (Wildman–Crippen MR) is 393 cm³/mol. The van der Waals surface area contributed by atoms with E-state index in [9.17, 15) is 19.2 Å². The van der Waals surface area contributed by atoms with E-state index in [0.29, 0.717) is 56.3 Å². The minimum Gasteiger partial charge on any atom is -0.489 e. The van der Waals surface area contributed by atoms with Crippen molar-refractivity contribution in [3.05, 3.63) is 266 Å². The molecule has 0 fully saturated rings. The van der Waals surface area contributed by atoms with E-state index >= 15 is 0 Å². The van der Waals surface area contributed by atoms with E-state index in [1.165, 1.54) is 12.2 Å². The van der Waals surface area contributed by atoms with E-state index in [4.69, 9.17) is 28.4 Å². The van der Waals surface area contributed by atoms with Crippen molar-refractivity contribution in [1.82, 2.24) is 0 Å². The van der Waals surface area contributed by atoms with Crippen LogP contribution in [0.2, 0.25) is 0 Å². The molecule has 0 aliphatic carbocycles. The summed E-state index contributed by atoms with van der Waals surface area (Å²) >= 11 is 0. The van der Waals surface area contributed by atoms with Crippen molar-refractivity contribution < 1.29 is 47.6 Å². The second-order valence-electron chi connectivity index (χ2n) is 17.5. The van der Waals surface area contributed by atoms with Gasteiger partial charge < -0.3 is 28.4 Å². The Balaban J connectivity index is 0. The maximum Gasteiger partial charge on any atom is 0.338 e. The van der Waals surface area contributed by atoms with Crippen molar-refractivity contribution in [2.45, 2.75) is 144 Å². The van der Waals surface area contributed by atoms with Gasteiger partial charge in [0.15, 0.2) is 0 Å². The van der Waals surface area contributed by atoms with E-state index in [2.05, 4.69) is 99.1 Å². The number of hydrogen-bond donors (Lipinski definition) is 0. The highest BCUT2D eigenvalue weighted by molar-refractivity contribution is 5.89. The molecule has 0 aliphatic heterocycles.